The summed E-state index contributed by atoms with van der Waals surface area (Å²) >= 11 is 3.26. The Morgan fingerprint density at radius 3 is 2.39 bits per heavy atom. The number of hydrogen-bond acceptors (Lipinski definition) is 4. The Balaban J connectivity index is 1.66. The van der Waals surface area contributed by atoms with Crippen molar-refractivity contribution < 1.29 is 27.6 Å². The summed E-state index contributed by atoms with van der Waals surface area (Å²) in [5.41, 5.74) is 1.86. The van der Waals surface area contributed by atoms with Crippen LogP contribution in [-0.2, 0) is 15.8 Å². The van der Waals surface area contributed by atoms with Crippen LogP contribution in [0, 0.1) is 6.92 Å². The monoisotopic (exact) mass is 667 g/mol. The lowest BCUT2D eigenvalue weighted by molar-refractivity contribution is -0.137. The van der Waals surface area contributed by atoms with Crippen LogP contribution in [0.5, 0.6) is 0 Å². The van der Waals surface area contributed by atoms with Gasteiger partial charge in [0, 0.05) is 29.3 Å². The molecule has 12 heteroatoms. The molecule has 8 nitrogen and oxygen atoms in total. The molecule has 2 N–H and O–H groups in total. The summed E-state index contributed by atoms with van der Waals surface area (Å²) in [7, 11) is 0. The van der Waals surface area contributed by atoms with Crippen molar-refractivity contribution in [1.82, 2.24) is 15.1 Å². The van der Waals surface area contributed by atoms with E-state index >= 15 is 0 Å². The normalized spacial score (nSPS) is 17.2. The number of benzene rings is 3. The highest BCUT2D eigenvalue weighted by Gasteiger charge is 2.45. The largest absolute Gasteiger partial charge is 0.416 e. The number of hydrogen-bond donors (Lipinski definition) is 2. The average Bonchev–Trinajstić information content (AvgIpc) is 3.34. The van der Waals surface area contributed by atoms with Crippen molar-refractivity contribution in [2.75, 3.05) is 16.8 Å². The van der Waals surface area contributed by atoms with Crippen LogP contribution in [0.1, 0.15) is 52.5 Å². The van der Waals surface area contributed by atoms with Gasteiger partial charge in [0.25, 0.3) is 11.8 Å². The van der Waals surface area contributed by atoms with Crippen molar-refractivity contribution in [3.8, 4) is 5.69 Å². The van der Waals surface area contributed by atoms with Gasteiger partial charge in [-0.3, -0.25) is 19.3 Å². The lowest BCUT2D eigenvalue weighted by Gasteiger charge is -2.38. The fourth-order valence-electron chi connectivity index (χ4n) is 5.40. The molecule has 5 rings (SSSR count). The molecule has 0 unspecified atom stereocenters. The third-order valence-electron chi connectivity index (χ3n) is 7.44. The third kappa shape index (κ3) is 5.99. The van der Waals surface area contributed by atoms with Gasteiger partial charge in [-0.1, -0.05) is 52.3 Å². The van der Waals surface area contributed by atoms with Crippen molar-refractivity contribution in [2.24, 2.45) is 0 Å². The molecular formula is C32H29BrF3N5O3. The van der Waals surface area contributed by atoms with Crippen molar-refractivity contribution in [2.45, 2.75) is 43.7 Å². The highest BCUT2D eigenvalue weighted by Crippen LogP contribution is 2.44. The Bertz CT molecular complexity index is 1720. The molecule has 1 aliphatic rings. The minimum absolute atomic E-state index is 0.232. The number of aromatic nitrogens is 2. The summed E-state index contributed by atoms with van der Waals surface area (Å²) in [5.74, 6) is -1.82. The van der Waals surface area contributed by atoms with E-state index in [-0.39, 0.29) is 18.0 Å². The fraction of sp³-hybridized carbons (Fsp3) is 0.250. The van der Waals surface area contributed by atoms with Gasteiger partial charge in [-0.2, -0.15) is 18.3 Å². The number of halogens is 4. The molecule has 3 aromatic carbocycles. The van der Waals surface area contributed by atoms with Gasteiger partial charge in [0.15, 0.2) is 0 Å². The number of para-hydroxylation sites is 1. The molecule has 3 atom stereocenters. The van der Waals surface area contributed by atoms with Crippen LogP contribution in [0.25, 0.3) is 5.69 Å². The number of amides is 3. The number of alkyl halides is 4. The van der Waals surface area contributed by atoms with Crippen molar-refractivity contribution in [1.29, 1.82) is 0 Å². The predicted octanol–water partition coefficient (Wildman–Crippen LogP) is 6.22. The molecule has 228 valence electrons. The first kappa shape index (κ1) is 31.0. The lowest BCUT2D eigenvalue weighted by Crippen LogP contribution is -2.55. The lowest BCUT2D eigenvalue weighted by atomic mass is 9.81. The molecule has 0 fully saturated rings. The molecule has 3 amide bonds. The van der Waals surface area contributed by atoms with E-state index in [4.69, 9.17) is 5.10 Å². The van der Waals surface area contributed by atoms with Crippen LogP contribution in [0.4, 0.5) is 24.7 Å². The first-order chi connectivity index (χ1) is 20.9. The zero-order valence-corrected chi connectivity index (χ0v) is 25.6. The highest BCUT2D eigenvalue weighted by atomic mass is 79.9. The first-order valence-electron chi connectivity index (χ1n) is 13.9. The highest BCUT2D eigenvalue weighted by molar-refractivity contribution is 9.10. The number of nitrogens with zero attached hydrogens (tertiary/aromatic N) is 3. The average molecular weight is 669 g/mol. The number of fused-ring (bicyclic) bond motifs is 1. The number of anilines is 2. The number of carbonyl (C=O) groups is 3. The maximum absolute atomic E-state index is 14.3. The Morgan fingerprint density at radius 1 is 1.02 bits per heavy atom. The van der Waals surface area contributed by atoms with Crippen LogP contribution in [0.2, 0.25) is 0 Å². The molecule has 2 heterocycles. The van der Waals surface area contributed by atoms with Gasteiger partial charge in [-0.15, -0.1) is 0 Å². The zero-order chi connectivity index (χ0) is 31.8. The van der Waals surface area contributed by atoms with Crippen LogP contribution in [-0.4, -0.2) is 44.9 Å². The number of aryl methyl sites for hydroxylation is 1. The van der Waals surface area contributed by atoms with E-state index in [1.165, 1.54) is 11.0 Å². The SMILES string of the molecule is CCN1C(=O)[C@H](NC(=O)c2cccc(C(F)(F)F)c2)[C@@H](c2cccc(NC(=O)[C@H](C)Br)c2)c2c(C)nn(-c3ccccc3)c21. The second-order valence-electron chi connectivity index (χ2n) is 10.4. The van der Waals surface area contributed by atoms with E-state index in [1.54, 1.807) is 49.7 Å². The quantitative estimate of drug-likeness (QED) is 0.229. The Hall–Kier alpha value is -4.45. The van der Waals surface area contributed by atoms with E-state index in [0.717, 1.165) is 23.9 Å². The minimum atomic E-state index is -4.64. The van der Waals surface area contributed by atoms with Crippen LogP contribution < -0.4 is 15.5 Å². The van der Waals surface area contributed by atoms with Gasteiger partial charge < -0.3 is 10.6 Å². The summed E-state index contributed by atoms with van der Waals surface area (Å²) in [6.45, 7) is 5.53. The second-order valence-corrected chi connectivity index (χ2v) is 11.8. The van der Waals surface area contributed by atoms with Gasteiger partial charge in [-0.05, 0) is 68.8 Å². The summed E-state index contributed by atoms with van der Waals surface area (Å²) in [6, 6.07) is 19.1. The van der Waals surface area contributed by atoms with E-state index in [9.17, 15) is 27.6 Å². The van der Waals surface area contributed by atoms with Crippen LogP contribution in [0.15, 0.2) is 78.9 Å². The Labute approximate surface area is 260 Å². The summed E-state index contributed by atoms with van der Waals surface area (Å²) in [4.78, 5) is 41.2. The van der Waals surface area contributed by atoms with E-state index in [2.05, 4.69) is 26.6 Å². The van der Waals surface area contributed by atoms with E-state index in [0.29, 0.717) is 28.3 Å². The number of likely N-dealkylation sites (N-methyl/N-ethyl adjacent to an activating group) is 1. The van der Waals surface area contributed by atoms with Gasteiger partial charge in [0.05, 0.1) is 21.8 Å². The fourth-order valence-corrected chi connectivity index (χ4v) is 5.52. The molecule has 0 bridgehead atoms. The van der Waals surface area contributed by atoms with Crippen molar-refractivity contribution in [3.63, 3.8) is 0 Å². The molecular weight excluding hydrogens is 639 g/mol. The molecule has 0 radical (unpaired) electrons. The molecule has 44 heavy (non-hydrogen) atoms. The van der Waals surface area contributed by atoms with Crippen molar-refractivity contribution >= 4 is 45.2 Å². The third-order valence-corrected chi connectivity index (χ3v) is 7.86. The Kier molecular flexibility index (Phi) is 8.64. The number of rotatable bonds is 7. The number of carbonyl (C=O) groups excluding carboxylic acids is 3. The smallest absolute Gasteiger partial charge is 0.339 e. The molecule has 4 aromatic rings. The molecule has 0 saturated heterocycles. The maximum Gasteiger partial charge on any atom is 0.416 e. The predicted molar refractivity (Wildman–Crippen MR) is 164 cm³/mol. The molecule has 0 saturated carbocycles. The van der Waals surface area contributed by atoms with Gasteiger partial charge in [0.1, 0.15) is 11.9 Å². The Morgan fingerprint density at radius 2 is 1.73 bits per heavy atom. The minimum Gasteiger partial charge on any atom is -0.339 e. The molecule has 0 aliphatic carbocycles. The van der Waals surface area contributed by atoms with E-state index in [1.807, 2.05) is 30.3 Å². The maximum atomic E-state index is 14.3. The summed E-state index contributed by atoms with van der Waals surface area (Å²) in [5, 5.41) is 10.4. The van der Waals surface area contributed by atoms with Crippen molar-refractivity contribution in [3.05, 3.63) is 107 Å². The summed E-state index contributed by atoms with van der Waals surface area (Å²) in [6.07, 6.45) is -4.64. The first-order valence-corrected chi connectivity index (χ1v) is 14.8. The van der Waals surface area contributed by atoms with E-state index < -0.39 is 40.3 Å². The van der Waals surface area contributed by atoms with Gasteiger partial charge in [0.2, 0.25) is 5.91 Å². The standard InChI is InChI=1S/C32H29BrF3N5O3/c1-4-40-30-25(19(3)39-41(30)24-14-6-5-7-15-24)26(20-10-9-13-23(17-20)37-28(42)18(2)33)27(31(40)44)38-29(43)21-11-8-12-22(16-21)32(34,35)36/h5-18,26-27H,4H2,1-3H3,(H,37,42)(H,38,43)/t18-,26-,27+/m0/s1. The van der Waals surface area contributed by atoms with Gasteiger partial charge in [-0.25, -0.2) is 4.68 Å². The van der Waals surface area contributed by atoms with Crippen LogP contribution in [0.3, 0.4) is 0 Å². The molecule has 0 spiro atoms. The van der Waals surface area contributed by atoms with Gasteiger partial charge >= 0.3 is 6.18 Å². The topological polar surface area (TPSA) is 96.3 Å². The number of nitrogens with one attached hydrogen (secondary N) is 2. The molecule has 1 aliphatic heterocycles. The zero-order valence-electron chi connectivity index (χ0n) is 24.0. The second kappa shape index (κ2) is 12.3. The molecule has 1 aromatic heterocycles. The van der Waals surface area contributed by atoms with Crippen LogP contribution >= 0.6 is 15.9 Å². The summed E-state index contributed by atoms with van der Waals surface area (Å²) < 4.78 is 42.0.